The molecule has 2 fully saturated rings. The van der Waals surface area contributed by atoms with E-state index in [1.807, 2.05) is 0 Å². The lowest BCUT2D eigenvalue weighted by atomic mass is 9.89. The van der Waals surface area contributed by atoms with Crippen LogP contribution in [0.2, 0.25) is 0 Å². The Hall–Kier alpha value is -1.33. The molecule has 5 heteroatoms. The molecule has 1 amide bonds. The predicted octanol–water partition coefficient (Wildman–Crippen LogP) is 4.98. The standard InChI is InChI=1S/C22H30BrN3O/c23-16-6-11-21-19(12-16)20(14-26(21)13-15-4-2-1-3-5-15)22(27)25-18-9-7-17(24)8-10-18/h6,11-12,14-15,17-18H,1-5,7-10,13,24H2,(H,25,27). The van der Waals surface area contributed by atoms with Gasteiger partial charge in [0, 0.05) is 40.2 Å². The van der Waals surface area contributed by atoms with Gasteiger partial charge in [-0.2, -0.15) is 0 Å². The van der Waals surface area contributed by atoms with Gasteiger partial charge < -0.3 is 15.6 Å². The van der Waals surface area contributed by atoms with Crippen LogP contribution >= 0.6 is 15.9 Å². The maximum atomic E-state index is 13.1. The Morgan fingerprint density at radius 2 is 1.85 bits per heavy atom. The van der Waals surface area contributed by atoms with E-state index in [1.165, 1.54) is 37.6 Å². The molecule has 0 aliphatic heterocycles. The molecule has 2 aromatic rings. The number of benzene rings is 1. The SMILES string of the molecule is NC1CCC(NC(=O)c2cn(CC3CCCCC3)c3ccc(Br)cc23)CC1. The molecule has 1 aromatic heterocycles. The van der Waals surface area contributed by atoms with Crippen molar-refractivity contribution in [3.63, 3.8) is 0 Å². The Bertz CT molecular complexity index is 801. The molecule has 27 heavy (non-hydrogen) atoms. The van der Waals surface area contributed by atoms with Crippen LogP contribution in [-0.2, 0) is 6.54 Å². The van der Waals surface area contributed by atoms with E-state index in [0.717, 1.165) is 53.6 Å². The van der Waals surface area contributed by atoms with Crippen molar-refractivity contribution in [2.24, 2.45) is 11.7 Å². The zero-order chi connectivity index (χ0) is 18.8. The lowest BCUT2D eigenvalue weighted by molar-refractivity contribution is 0.0927. The van der Waals surface area contributed by atoms with Gasteiger partial charge in [-0.1, -0.05) is 35.2 Å². The van der Waals surface area contributed by atoms with Gasteiger partial charge in [-0.3, -0.25) is 4.79 Å². The monoisotopic (exact) mass is 431 g/mol. The van der Waals surface area contributed by atoms with Gasteiger partial charge >= 0.3 is 0 Å². The first-order valence-corrected chi connectivity index (χ1v) is 11.2. The molecule has 0 atom stereocenters. The van der Waals surface area contributed by atoms with E-state index >= 15 is 0 Å². The Balaban J connectivity index is 1.57. The molecule has 0 saturated heterocycles. The van der Waals surface area contributed by atoms with Crippen molar-refractivity contribution in [3.05, 3.63) is 34.4 Å². The summed E-state index contributed by atoms with van der Waals surface area (Å²) in [4.78, 5) is 13.1. The molecular formula is C22H30BrN3O. The Kier molecular flexibility index (Phi) is 5.88. The van der Waals surface area contributed by atoms with Crippen molar-refractivity contribution in [1.82, 2.24) is 9.88 Å². The fourth-order valence-electron chi connectivity index (χ4n) is 4.78. The minimum absolute atomic E-state index is 0.0564. The molecule has 0 spiro atoms. The molecule has 2 saturated carbocycles. The largest absolute Gasteiger partial charge is 0.349 e. The summed E-state index contributed by atoms with van der Waals surface area (Å²) in [6.45, 7) is 1.02. The number of nitrogens with two attached hydrogens (primary N) is 1. The lowest BCUT2D eigenvalue weighted by Gasteiger charge is -2.26. The minimum atomic E-state index is 0.0564. The van der Waals surface area contributed by atoms with Crippen LogP contribution in [0.5, 0.6) is 0 Å². The van der Waals surface area contributed by atoms with Gasteiger partial charge in [-0.05, 0) is 62.6 Å². The summed E-state index contributed by atoms with van der Waals surface area (Å²) in [6.07, 6.45) is 12.7. The average Bonchev–Trinajstić information content (AvgIpc) is 3.02. The van der Waals surface area contributed by atoms with Crippen LogP contribution in [0.4, 0.5) is 0 Å². The summed E-state index contributed by atoms with van der Waals surface area (Å²) in [6, 6.07) is 6.84. The smallest absolute Gasteiger partial charge is 0.253 e. The van der Waals surface area contributed by atoms with Crippen LogP contribution in [0.15, 0.2) is 28.9 Å². The van der Waals surface area contributed by atoms with E-state index in [4.69, 9.17) is 5.73 Å². The molecule has 146 valence electrons. The average molecular weight is 432 g/mol. The second kappa shape index (κ2) is 8.36. The van der Waals surface area contributed by atoms with E-state index in [-0.39, 0.29) is 11.9 Å². The van der Waals surface area contributed by atoms with Gasteiger partial charge in [0.25, 0.3) is 5.91 Å². The molecule has 2 aliphatic rings. The van der Waals surface area contributed by atoms with Gasteiger partial charge in [-0.25, -0.2) is 0 Å². The van der Waals surface area contributed by atoms with Gasteiger partial charge in [0.1, 0.15) is 0 Å². The van der Waals surface area contributed by atoms with Gasteiger partial charge in [0.2, 0.25) is 0 Å². The number of hydrogen-bond acceptors (Lipinski definition) is 2. The lowest BCUT2D eigenvalue weighted by Crippen LogP contribution is -2.40. The Morgan fingerprint density at radius 1 is 1.11 bits per heavy atom. The predicted molar refractivity (Wildman–Crippen MR) is 114 cm³/mol. The zero-order valence-corrected chi connectivity index (χ0v) is 17.5. The van der Waals surface area contributed by atoms with Crippen LogP contribution in [0.3, 0.4) is 0 Å². The number of nitrogens with one attached hydrogen (secondary N) is 1. The molecule has 0 unspecified atom stereocenters. The van der Waals surface area contributed by atoms with E-state index in [1.54, 1.807) is 0 Å². The molecule has 2 aliphatic carbocycles. The number of halogens is 1. The highest BCUT2D eigenvalue weighted by Crippen LogP contribution is 2.30. The van der Waals surface area contributed by atoms with Crippen molar-refractivity contribution in [3.8, 4) is 0 Å². The van der Waals surface area contributed by atoms with Crippen LogP contribution in [0, 0.1) is 5.92 Å². The molecule has 0 radical (unpaired) electrons. The molecule has 0 bridgehead atoms. The highest BCUT2D eigenvalue weighted by Gasteiger charge is 2.23. The third-order valence-corrected chi connectivity index (χ3v) is 6.87. The van der Waals surface area contributed by atoms with Crippen molar-refractivity contribution >= 4 is 32.7 Å². The highest BCUT2D eigenvalue weighted by molar-refractivity contribution is 9.10. The summed E-state index contributed by atoms with van der Waals surface area (Å²) < 4.78 is 3.33. The maximum absolute atomic E-state index is 13.1. The second-order valence-electron chi connectivity index (χ2n) is 8.45. The van der Waals surface area contributed by atoms with E-state index < -0.39 is 0 Å². The molecule has 1 aromatic carbocycles. The van der Waals surface area contributed by atoms with Crippen LogP contribution in [-0.4, -0.2) is 22.6 Å². The third-order valence-electron chi connectivity index (χ3n) is 6.37. The fraction of sp³-hybridized carbons (Fsp3) is 0.591. The first kappa shape index (κ1) is 19.0. The normalized spacial score (nSPS) is 24.2. The summed E-state index contributed by atoms with van der Waals surface area (Å²) >= 11 is 3.57. The number of carbonyl (C=O) groups excluding carboxylic acids is 1. The van der Waals surface area contributed by atoms with Crippen LogP contribution < -0.4 is 11.1 Å². The number of hydrogen-bond donors (Lipinski definition) is 2. The number of aromatic nitrogens is 1. The number of fused-ring (bicyclic) bond motifs is 1. The summed E-state index contributed by atoms with van der Waals surface area (Å²) in [5, 5.41) is 4.31. The van der Waals surface area contributed by atoms with Crippen LogP contribution in [0.25, 0.3) is 10.9 Å². The van der Waals surface area contributed by atoms with Crippen molar-refractivity contribution in [2.45, 2.75) is 76.4 Å². The summed E-state index contributed by atoms with van der Waals surface area (Å²) in [5.41, 5.74) is 7.97. The molecule has 1 heterocycles. The molecule has 4 nitrogen and oxygen atoms in total. The Morgan fingerprint density at radius 3 is 2.59 bits per heavy atom. The first-order chi connectivity index (χ1) is 13.1. The van der Waals surface area contributed by atoms with Gasteiger partial charge in [0.05, 0.1) is 5.56 Å². The van der Waals surface area contributed by atoms with Gasteiger partial charge in [0.15, 0.2) is 0 Å². The number of nitrogens with zero attached hydrogens (tertiary/aromatic N) is 1. The third kappa shape index (κ3) is 4.40. The highest BCUT2D eigenvalue weighted by atomic mass is 79.9. The van der Waals surface area contributed by atoms with E-state index in [9.17, 15) is 4.79 Å². The molecule has 4 rings (SSSR count). The molecular weight excluding hydrogens is 402 g/mol. The number of rotatable bonds is 4. The summed E-state index contributed by atoms with van der Waals surface area (Å²) in [5.74, 6) is 0.787. The Labute approximate surface area is 170 Å². The number of amides is 1. The van der Waals surface area contributed by atoms with Gasteiger partial charge in [-0.15, -0.1) is 0 Å². The number of carbonyl (C=O) groups is 1. The second-order valence-corrected chi connectivity index (χ2v) is 9.36. The quantitative estimate of drug-likeness (QED) is 0.716. The van der Waals surface area contributed by atoms with Crippen molar-refractivity contribution < 1.29 is 4.79 Å². The van der Waals surface area contributed by atoms with Crippen LogP contribution in [0.1, 0.15) is 68.1 Å². The fourth-order valence-corrected chi connectivity index (χ4v) is 5.14. The molecule has 3 N–H and O–H groups in total. The van der Waals surface area contributed by atoms with E-state index in [0.29, 0.717) is 6.04 Å². The first-order valence-electron chi connectivity index (χ1n) is 10.4. The zero-order valence-electron chi connectivity index (χ0n) is 15.9. The minimum Gasteiger partial charge on any atom is -0.349 e. The van der Waals surface area contributed by atoms with Crippen molar-refractivity contribution in [2.75, 3.05) is 0 Å². The maximum Gasteiger partial charge on any atom is 0.253 e. The topological polar surface area (TPSA) is 60.0 Å². The summed E-state index contributed by atoms with van der Waals surface area (Å²) in [7, 11) is 0. The van der Waals surface area contributed by atoms with Crippen molar-refractivity contribution in [1.29, 1.82) is 0 Å². The van der Waals surface area contributed by atoms with E-state index in [2.05, 4.69) is 50.2 Å².